The molecule has 1 amide bonds. The molecule has 0 bridgehead atoms. The number of rotatable bonds is 4. The van der Waals surface area contributed by atoms with Gasteiger partial charge < -0.3 is 5.32 Å². The number of alkyl halides is 3. The molecule has 0 radical (unpaired) electrons. The molecular formula is C28H22F3N3O4. The fraction of sp³-hybridized carbons (Fsp3) is 0.286. The molecule has 0 aromatic heterocycles. The Bertz CT molecular complexity index is 1460. The Morgan fingerprint density at radius 3 is 2.39 bits per heavy atom. The average Bonchev–Trinajstić information content (AvgIpc) is 3.56. The van der Waals surface area contributed by atoms with Crippen molar-refractivity contribution in [3.05, 3.63) is 105 Å². The molecule has 2 saturated heterocycles. The number of non-ortho nitro benzene ring substituents is 1. The minimum atomic E-state index is -4.70. The van der Waals surface area contributed by atoms with Gasteiger partial charge in [-0.15, -0.1) is 0 Å². The molecule has 2 fully saturated rings. The third-order valence-corrected chi connectivity index (χ3v) is 8.17. The maximum atomic E-state index is 14.3. The van der Waals surface area contributed by atoms with E-state index in [2.05, 4.69) is 5.32 Å². The number of halogens is 3. The number of carbonyl (C=O) groups is 2. The lowest BCUT2D eigenvalue weighted by Crippen LogP contribution is -2.52. The minimum absolute atomic E-state index is 0.116. The molecule has 0 saturated carbocycles. The summed E-state index contributed by atoms with van der Waals surface area (Å²) in [6.45, 7) is 0.426. The zero-order valence-electron chi connectivity index (χ0n) is 19.9. The van der Waals surface area contributed by atoms with Crippen LogP contribution >= 0.6 is 0 Å². The van der Waals surface area contributed by atoms with Crippen molar-refractivity contribution in [2.24, 2.45) is 5.92 Å². The largest absolute Gasteiger partial charge is 0.418 e. The fourth-order valence-corrected chi connectivity index (χ4v) is 6.80. The maximum absolute atomic E-state index is 14.3. The first-order chi connectivity index (χ1) is 18.2. The van der Waals surface area contributed by atoms with Crippen molar-refractivity contribution in [2.75, 3.05) is 11.9 Å². The molecule has 3 unspecified atom stereocenters. The molecule has 6 rings (SSSR count). The van der Waals surface area contributed by atoms with Crippen LogP contribution in [0.3, 0.4) is 0 Å². The van der Waals surface area contributed by atoms with E-state index < -0.39 is 39.9 Å². The highest BCUT2D eigenvalue weighted by Gasteiger charge is 2.69. The second-order valence-corrected chi connectivity index (χ2v) is 9.93. The third kappa shape index (κ3) is 3.32. The van der Waals surface area contributed by atoms with Crippen molar-refractivity contribution in [2.45, 2.75) is 36.5 Å². The molecule has 194 valence electrons. The Hall–Kier alpha value is -4.05. The number of Topliss-reactive ketones (excluding diaryl/α,β-unsaturated/α-hetero) is 1. The second-order valence-electron chi connectivity index (χ2n) is 9.93. The SMILES string of the molecule is O=C(c1ccccc1)C1C(c2ccc([N+](=O)[O-])cc2)C2CCCN2[C@@]12C(=O)Nc1c(C(F)(F)F)cccc12. The summed E-state index contributed by atoms with van der Waals surface area (Å²) in [5, 5.41) is 13.8. The summed E-state index contributed by atoms with van der Waals surface area (Å²) in [5.74, 6) is -2.64. The van der Waals surface area contributed by atoms with Gasteiger partial charge in [0.05, 0.1) is 22.1 Å². The third-order valence-electron chi connectivity index (χ3n) is 8.17. The van der Waals surface area contributed by atoms with Gasteiger partial charge in [-0.25, -0.2) is 0 Å². The average molecular weight is 521 g/mol. The Morgan fingerprint density at radius 2 is 1.74 bits per heavy atom. The second kappa shape index (κ2) is 8.49. The van der Waals surface area contributed by atoms with Crippen molar-refractivity contribution >= 4 is 23.1 Å². The summed E-state index contributed by atoms with van der Waals surface area (Å²) < 4.78 is 42.0. The van der Waals surface area contributed by atoms with Crippen LogP contribution in [-0.2, 0) is 16.5 Å². The van der Waals surface area contributed by atoms with E-state index in [1.165, 1.54) is 24.3 Å². The summed E-state index contributed by atoms with van der Waals surface area (Å²) in [6.07, 6.45) is -3.38. The standard InChI is InChI=1S/C28H22F3N3O4/c29-28(30,31)20-9-4-8-19-24(20)32-26(36)27(19)23(25(35)17-6-2-1-3-7-17)22(21-10-5-15-33(21)27)16-11-13-18(14-12-16)34(37)38/h1-4,6-9,11-14,21-23H,5,10,15H2,(H,32,36)/t21?,22?,23?,27-/m1/s1. The first-order valence-corrected chi connectivity index (χ1v) is 12.3. The quantitative estimate of drug-likeness (QED) is 0.277. The zero-order chi connectivity index (χ0) is 26.8. The number of hydrogen-bond acceptors (Lipinski definition) is 5. The van der Waals surface area contributed by atoms with Crippen LogP contribution in [0.1, 0.15) is 45.8 Å². The van der Waals surface area contributed by atoms with E-state index in [0.717, 1.165) is 6.07 Å². The first-order valence-electron chi connectivity index (χ1n) is 12.3. The van der Waals surface area contributed by atoms with E-state index in [0.29, 0.717) is 30.5 Å². The van der Waals surface area contributed by atoms with Crippen LogP contribution < -0.4 is 5.32 Å². The van der Waals surface area contributed by atoms with Gasteiger partial charge in [0.15, 0.2) is 5.78 Å². The number of amides is 1. The van der Waals surface area contributed by atoms with Crippen molar-refractivity contribution in [1.82, 2.24) is 4.90 Å². The van der Waals surface area contributed by atoms with Crippen LogP contribution in [0.25, 0.3) is 0 Å². The number of nitro groups is 1. The Balaban J connectivity index is 1.61. The topological polar surface area (TPSA) is 92.5 Å². The summed E-state index contributed by atoms with van der Waals surface area (Å²) in [6, 6.07) is 17.7. The molecule has 3 aliphatic heterocycles. The van der Waals surface area contributed by atoms with E-state index >= 15 is 0 Å². The Morgan fingerprint density at radius 1 is 1.03 bits per heavy atom. The van der Waals surface area contributed by atoms with Crippen LogP contribution in [0.4, 0.5) is 24.5 Å². The number of benzene rings is 3. The van der Waals surface area contributed by atoms with E-state index in [9.17, 15) is 32.9 Å². The lowest BCUT2D eigenvalue weighted by atomic mass is 9.68. The number of ketones is 1. The first kappa shape index (κ1) is 24.3. The molecule has 0 aliphatic carbocycles. The zero-order valence-corrected chi connectivity index (χ0v) is 19.9. The number of fused-ring (bicyclic) bond motifs is 4. The van der Waals surface area contributed by atoms with Crippen LogP contribution in [-0.4, -0.2) is 34.1 Å². The number of carbonyl (C=O) groups excluding carboxylic acids is 2. The normalized spacial score (nSPS) is 26.3. The molecule has 38 heavy (non-hydrogen) atoms. The molecular weight excluding hydrogens is 499 g/mol. The Labute approximate surface area is 215 Å². The van der Waals surface area contributed by atoms with Crippen molar-refractivity contribution < 1.29 is 27.7 Å². The van der Waals surface area contributed by atoms with Gasteiger partial charge in [-0.2, -0.15) is 13.2 Å². The number of hydrogen-bond donors (Lipinski definition) is 1. The monoisotopic (exact) mass is 521 g/mol. The van der Waals surface area contributed by atoms with E-state index in [1.54, 1.807) is 42.5 Å². The minimum Gasteiger partial charge on any atom is -0.323 e. The van der Waals surface area contributed by atoms with Gasteiger partial charge in [-0.1, -0.05) is 54.6 Å². The summed E-state index contributed by atoms with van der Waals surface area (Å²) in [7, 11) is 0. The lowest BCUT2D eigenvalue weighted by Gasteiger charge is -2.37. The van der Waals surface area contributed by atoms with Crippen LogP contribution in [0.5, 0.6) is 0 Å². The predicted molar refractivity (Wildman–Crippen MR) is 132 cm³/mol. The highest BCUT2D eigenvalue weighted by atomic mass is 19.4. The molecule has 3 aromatic carbocycles. The number of anilines is 1. The fourth-order valence-electron chi connectivity index (χ4n) is 6.80. The van der Waals surface area contributed by atoms with Crippen LogP contribution in [0, 0.1) is 16.0 Å². The van der Waals surface area contributed by atoms with Gasteiger partial charge in [0, 0.05) is 35.2 Å². The maximum Gasteiger partial charge on any atom is 0.418 e. The Kier molecular flexibility index (Phi) is 5.43. The molecule has 1 spiro atoms. The van der Waals surface area contributed by atoms with E-state index in [4.69, 9.17) is 0 Å². The summed E-state index contributed by atoms with van der Waals surface area (Å²) in [5.41, 5.74) is -1.93. The highest BCUT2D eigenvalue weighted by Crippen LogP contribution is 2.62. The lowest BCUT2D eigenvalue weighted by molar-refractivity contribution is -0.384. The number of nitrogens with zero attached hydrogens (tertiary/aromatic N) is 2. The molecule has 4 atom stereocenters. The van der Waals surface area contributed by atoms with Crippen molar-refractivity contribution in [3.8, 4) is 0 Å². The molecule has 1 N–H and O–H groups in total. The van der Waals surface area contributed by atoms with Gasteiger partial charge in [0.1, 0.15) is 5.54 Å². The predicted octanol–water partition coefficient (Wildman–Crippen LogP) is 5.52. The molecule has 3 aliphatic rings. The van der Waals surface area contributed by atoms with Gasteiger partial charge in [0.2, 0.25) is 5.91 Å². The molecule has 3 aromatic rings. The number of nitrogens with one attached hydrogen (secondary N) is 1. The number of para-hydroxylation sites is 1. The van der Waals surface area contributed by atoms with E-state index in [1.807, 2.05) is 4.90 Å². The summed E-state index contributed by atoms with van der Waals surface area (Å²) in [4.78, 5) is 40.9. The van der Waals surface area contributed by atoms with E-state index in [-0.39, 0.29) is 28.8 Å². The number of nitro benzene ring substituents is 1. The highest BCUT2D eigenvalue weighted by molar-refractivity contribution is 6.13. The van der Waals surface area contributed by atoms with Gasteiger partial charge in [-0.3, -0.25) is 24.6 Å². The summed E-state index contributed by atoms with van der Waals surface area (Å²) >= 11 is 0. The van der Waals surface area contributed by atoms with Crippen molar-refractivity contribution in [3.63, 3.8) is 0 Å². The smallest absolute Gasteiger partial charge is 0.323 e. The molecule has 3 heterocycles. The van der Waals surface area contributed by atoms with Gasteiger partial charge in [-0.05, 0) is 31.0 Å². The van der Waals surface area contributed by atoms with Gasteiger partial charge in [0.25, 0.3) is 5.69 Å². The van der Waals surface area contributed by atoms with Gasteiger partial charge >= 0.3 is 6.18 Å². The van der Waals surface area contributed by atoms with Crippen LogP contribution in [0.2, 0.25) is 0 Å². The van der Waals surface area contributed by atoms with Crippen molar-refractivity contribution in [1.29, 1.82) is 0 Å². The molecule has 7 nitrogen and oxygen atoms in total. The van der Waals surface area contributed by atoms with Crippen LogP contribution in [0.15, 0.2) is 72.8 Å². The molecule has 10 heteroatoms.